The number of carbonyl (C=O) groups is 1. The van der Waals surface area contributed by atoms with Crippen molar-refractivity contribution < 1.29 is 9.53 Å². The van der Waals surface area contributed by atoms with Gasteiger partial charge in [-0.1, -0.05) is 18.2 Å². The number of carbonyl (C=O) groups excluding carboxylic acids is 1. The highest BCUT2D eigenvalue weighted by Gasteiger charge is 2.33. The molecule has 1 aliphatic rings. The zero-order valence-electron chi connectivity index (χ0n) is 11.9. The smallest absolute Gasteiger partial charge is 0.315 e. The summed E-state index contributed by atoms with van der Waals surface area (Å²) >= 11 is 3.52. The van der Waals surface area contributed by atoms with Gasteiger partial charge < -0.3 is 4.74 Å². The molecular formula is C16H17NO2S2. The lowest BCUT2D eigenvalue weighted by Gasteiger charge is -2.07. The van der Waals surface area contributed by atoms with Crippen LogP contribution >= 0.6 is 23.1 Å². The molecule has 110 valence electrons. The molecular weight excluding hydrogens is 302 g/mol. The Morgan fingerprint density at radius 1 is 1.43 bits per heavy atom. The van der Waals surface area contributed by atoms with Gasteiger partial charge in [-0.2, -0.15) is 0 Å². The molecule has 5 heteroatoms. The van der Waals surface area contributed by atoms with Crippen LogP contribution in [-0.2, 0) is 21.7 Å². The molecule has 0 aliphatic heterocycles. The van der Waals surface area contributed by atoms with E-state index in [1.54, 1.807) is 23.1 Å². The van der Waals surface area contributed by atoms with Crippen molar-refractivity contribution in [1.82, 2.24) is 4.98 Å². The molecule has 0 amide bonds. The molecule has 1 unspecified atom stereocenters. The topological polar surface area (TPSA) is 39.2 Å². The molecule has 3 rings (SSSR count). The van der Waals surface area contributed by atoms with E-state index in [2.05, 4.69) is 17.1 Å². The first kappa shape index (κ1) is 14.6. The van der Waals surface area contributed by atoms with E-state index in [9.17, 15) is 4.79 Å². The maximum absolute atomic E-state index is 11.9. The van der Waals surface area contributed by atoms with Crippen molar-refractivity contribution in [2.45, 2.75) is 36.3 Å². The fraction of sp³-hybridized carbons (Fsp3) is 0.375. The highest BCUT2D eigenvalue weighted by molar-refractivity contribution is 7.98. The molecule has 0 saturated carbocycles. The minimum absolute atomic E-state index is 0.121. The van der Waals surface area contributed by atoms with Gasteiger partial charge in [0.2, 0.25) is 0 Å². The molecule has 2 aromatic rings. The Hall–Kier alpha value is -1.33. The maximum atomic E-state index is 11.9. The van der Waals surface area contributed by atoms with E-state index in [-0.39, 0.29) is 11.9 Å². The Morgan fingerprint density at radius 3 is 3.00 bits per heavy atom. The van der Waals surface area contributed by atoms with Gasteiger partial charge in [-0.15, -0.1) is 23.1 Å². The lowest BCUT2D eigenvalue weighted by atomic mass is 10.1. The van der Waals surface area contributed by atoms with Crippen LogP contribution in [0.2, 0.25) is 0 Å². The summed E-state index contributed by atoms with van der Waals surface area (Å²) in [7, 11) is 0. The average molecular weight is 319 g/mol. The van der Waals surface area contributed by atoms with E-state index >= 15 is 0 Å². The SMILES string of the molecule is CCOC(=O)C1CCc2sc(CSc3ccccc3)nc21. The highest BCUT2D eigenvalue weighted by atomic mass is 32.2. The Bertz CT molecular complexity index is 624. The van der Waals surface area contributed by atoms with Gasteiger partial charge in [0, 0.05) is 9.77 Å². The van der Waals surface area contributed by atoms with Crippen LogP contribution in [0.25, 0.3) is 0 Å². The molecule has 1 heterocycles. The van der Waals surface area contributed by atoms with Gasteiger partial charge in [-0.3, -0.25) is 4.79 Å². The van der Waals surface area contributed by atoms with Crippen LogP contribution in [0.1, 0.15) is 34.8 Å². The highest BCUT2D eigenvalue weighted by Crippen LogP contribution is 2.38. The maximum Gasteiger partial charge on any atom is 0.315 e. The number of hydrogen-bond donors (Lipinski definition) is 0. The Morgan fingerprint density at radius 2 is 2.24 bits per heavy atom. The minimum Gasteiger partial charge on any atom is -0.465 e. The fourth-order valence-corrected chi connectivity index (χ4v) is 4.53. The van der Waals surface area contributed by atoms with E-state index in [1.165, 1.54) is 9.77 Å². The number of hydrogen-bond acceptors (Lipinski definition) is 5. The summed E-state index contributed by atoms with van der Waals surface area (Å²) in [5.41, 5.74) is 0.960. The number of ether oxygens (including phenoxy) is 1. The number of thioether (sulfide) groups is 1. The molecule has 3 nitrogen and oxygen atoms in total. The molecule has 0 saturated heterocycles. The summed E-state index contributed by atoms with van der Waals surface area (Å²) < 4.78 is 5.14. The number of thiazole rings is 1. The van der Waals surface area contributed by atoms with Crippen LogP contribution in [0.3, 0.4) is 0 Å². The third kappa shape index (κ3) is 3.30. The second-order valence-electron chi connectivity index (χ2n) is 4.86. The molecule has 0 radical (unpaired) electrons. The molecule has 1 atom stereocenters. The molecule has 0 bridgehead atoms. The predicted octanol–water partition coefficient (Wildman–Crippen LogP) is 4.03. The lowest BCUT2D eigenvalue weighted by molar-refractivity contribution is -0.145. The van der Waals surface area contributed by atoms with Crippen molar-refractivity contribution in [3.63, 3.8) is 0 Å². The van der Waals surface area contributed by atoms with Crippen LogP contribution in [-0.4, -0.2) is 17.6 Å². The van der Waals surface area contributed by atoms with Crippen LogP contribution in [0.5, 0.6) is 0 Å². The number of aromatic nitrogens is 1. The molecule has 0 fully saturated rings. The zero-order valence-corrected chi connectivity index (χ0v) is 13.5. The largest absolute Gasteiger partial charge is 0.465 e. The third-order valence-electron chi connectivity index (χ3n) is 3.44. The number of fused-ring (bicyclic) bond motifs is 1. The fourth-order valence-electron chi connectivity index (χ4n) is 2.47. The summed E-state index contributed by atoms with van der Waals surface area (Å²) in [6, 6.07) is 10.3. The number of nitrogens with zero attached hydrogens (tertiary/aromatic N) is 1. The summed E-state index contributed by atoms with van der Waals surface area (Å²) in [5.74, 6) is 0.590. The van der Waals surface area contributed by atoms with Gasteiger partial charge in [0.1, 0.15) is 10.9 Å². The Kier molecular flexibility index (Phi) is 4.60. The van der Waals surface area contributed by atoms with E-state index in [4.69, 9.17) is 4.74 Å². The van der Waals surface area contributed by atoms with Gasteiger partial charge in [0.05, 0.1) is 18.1 Å². The Balaban J connectivity index is 1.67. The number of benzene rings is 1. The molecule has 0 spiro atoms. The minimum atomic E-state index is -0.147. The quantitative estimate of drug-likeness (QED) is 0.616. The van der Waals surface area contributed by atoms with Gasteiger partial charge in [-0.05, 0) is 31.9 Å². The van der Waals surface area contributed by atoms with E-state index in [1.807, 2.05) is 25.1 Å². The van der Waals surface area contributed by atoms with Crippen molar-refractivity contribution >= 4 is 29.1 Å². The summed E-state index contributed by atoms with van der Waals surface area (Å²) in [4.78, 5) is 19.1. The number of rotatable bonds is 5. The van der Waals surface area contributed by atoms with Crippen molar-refractivity contribution in [2.75, 3.05) is 6.61 Å². The lowest BCUT2D eigenvalue weighted by Crippen LogP contribution is -2.14. The molecule has 1 aromatic carbocycles. The van der Waals surface area contributed by atoms with Crippen LogP contribution in [0.15, 0.2) is 35.2 Å². The first-order chi connectivity index (χ1) is 10.3. The molecule has 21 heavy (non-hydrogen) atoms. The van der Waals surface area contributed by atoms with Crippen LogP contribution in [0, 0.1) is 0 Å². The molecule has 1 aromatic heterocycles. The number of esters is 1. The number of aryl methyl sites for hydroxylation is 1. The second-order valence-corrected chi connectivity index (χ2v) is 7.08. The van der Waals surface area contributed by atoms with E-state index in [0.717, 1.165) is 29.3 Å². The molecule has 0 N–H and O–H groups in total. The molecule has 1 aliphatic carbocycles. The zero-order chi connectivity index (χ0) is 14.7. The van der Waals surface area contributed by atoms with Crippen LogP contribution in [0.4, 0.5) is 0 Å². The van der Waals surface area contributed by atoms with E-state index < -0.39 is 0 Å². The van der Waals surface area contributed by atoms with Gasteiger partial charge in [0.25, 0.3) is 0 Å². The van der Waals surface area contributed by atoms with Gasteiger partial charge >= 0.3 is 5.97 Å². The van der Waals surface area contributed by atoms with Crippen molar-refractivity contribution in [3.05, 3.63) is 45.9 Å². The van der Waals surface area contributed by atoms with E-state index in [0.29, 0.717) is 6.61 Å². The Labute approximate surface area is 132 Å². The first-order valence-electron chi connectivity index (χ1n) is 7.11. The second kappa shape index (κ2) is 6.62. The van der Waals surface area contributed by atoms with Crippen molar-refractivity contribution in [1.29, 1.82) is 0 Å². The third-order valence-corrected chi connectivity index (χ3v) is 5.78. The summed E-state index contributed by atoms with van der Waals surface area (Å²) in [6.07, 6.45) is 1.80. The van der Waals surface area contributed by atoms with Crippen molar-refractivity contribution in [3.8, 4) is 0 Å². The standard InChI is InChI=1S/C16H17NO2S2/c1-2-19-16(18)12-8-9-13-15(12)17-14(21-13)10-20-11-6-4-3-5-7-11/h3-7,12H,2,8-10H2,1H3. The van der Waals surface area contributed by atoms with Gasteiger partial charge in [0.15, 0.2) is 0 Å². The predicted molar refractivity (Wildman–Crippen MR) is 85.8 cm³/mol. The first-order valence-corrected chi connectivity index (χ1v) is 8.91. The summed E-state index contributed by atoms with van der Waals surface area (Å²) in [6.45, 7) is 2.28. The van der Waals surface area contributed by atoms with Crippen molar-refractivity contribution in [2.24, 2.45) is 0 Å². The van der Waals surface area contributed by atoms with Crippen LogP contribution < -0.4 is 0 Å². The normalized spacial score (nSPS) is 16.7. The average Bonchev–Trinajstić information content (AvgIpc) is 3.06. The summed E-state index contributed by atoms with van der Waals surface area (Å²) in [5, 5.41) is 1.10. The van der Waals surface area contributed by atoms with Gasteiger partial charge in [-0.25, -0.2) is 4.98 Å². The monoisotopic (exact) mass is 319 g/mol.